The first-order chi connectivity index (χ1) is 10.0. The van der Waals surface area contributed by atoms with Crippen LogP contribution in [0.4, 0.5) is 5.95 Å². The Morgan fingerprint density at radius 2 is 1.86 bits per heavy atom. The van der Waals surface area contributed by atoms with Gasteiger partial charge in [-0.3, -0.25) is 4.57 Å². The largest absolute Gasteiger partial charge is 0.369 e. The van der Waals surface area contributed by atoms with Gasteiger partial charge < -0.3 is 5.73 Å². The van der Waals surface area contributed by atoms with Crippen LogP contribution in [0.1, 0.15) is 36.7 Å². The predicted octanol–water partition coefficient (Wildman–Crippen LogP) is 3.06. The molecule has 0 spiro atoms. The molecule has 0 saturated heterocycles. The quantitative estimate of drug-likeness (QED) is 0.803. The maximum Gasteiger partial charge on any atom is 0.203 e. The van der Waals surface area contributed by atoms with Gasteiger partial charge in [-0.2, -0.15) is 5.10 Å². The van der Waals surface area contributed by atoms with Crippen molar-refractivity contribution in [3.8, 4) is 0 Å². The van der Waals surface area contributed by atoms with Crippen LogP contribution in [0.5, 0.6) is 0 Å². The van der Waals surface area contributed by atoms with Gasteiger partial charge in [0.15, 0.2) is 5.65 Å². The van der Waals surface area contributed by atoms with Gasteiger partial charge in [-0.15, -0.1) is 0 Å². The van der Waals surface area contributed by atoms with Gasteiger partial charge in [-0.05, 0) is 33.3 Å². The highest BCUT2D eigenvalue weighted by Gasteiger charge is 2.21. The van der Waals surface area contributed by atoms with Gasteiger partial charge in [-0.25, -0.2) is 9.67 Å². The third kappa shape index (κ3) is 2.09. The molecule has 2 N–H and O–H groups in total. The van der Waals surface area contributed by atoms with Crippen LogP contribution in [-0.2, 0) is 6.54 Å². The smallest absolute Gasteiger partial charge is 0.203 e. The first-order valence-corrected chi connectivity index (χ1v) is 7.30. The molecule has 2 heterocycles. The van der Waals surface area contributed by atoms with Crippen molar-refractivity contribution in [1.29, 1.82) is 0 Å². The predicted molar refractivity (Wildman–Crippen MR) is 85.3 cm³/mol. The van der Waals surface area contributed by atoms with E-state index in [-0.39, 0.29) is 6.04 Å². The summed E-state index contributed by atoms with van der Waals surface area (Å²) in [7, 11) is 0. The fraction of sp³-hybridized carbons (Fsp3) is 0.375. The summed E-state index contributed by atoms with van der Waals surface area (Å²) in [4.78, 5) is 4.50. The summed E-state index contributed by atoms with van der Waals surface area (Å²) in [6.07, 6.45) is 0. The molecule has 1 aromatic carbocycles. The van der Waals surface area contributed by atoms with Crippen molar-refractivity contribution in [3.63, 3.8) is 0 Å². The number of aryl methyl sites for hydroxylation is 3. The topological polar surface area (TPSA) is 61.7 Å². The van der Waals surface area contributed by atoms with E-state index in [1.807, 2.05) is 11.6 Å². The molecule has 0 saturated carbocycles. The Bertz CT molecular complexity index is 779. The molecule has 5 heteroatoms. The van der Waals surface area contributed by atoms with Gasteiger partial charge in [0.2, 0.25) is 5.95 Å². The second-order valence-corrected chi connectivity index (χ2v) is 5.50. The van der Waals surface area contributed by atoms with Crippen LogP contribution in [0.2, 0.25) is 0 Å². The molecule has 0 aliphatic carbocycles. The zero-order chi connectivity index (χ0) is 15.1. The molecule has 0 amide bonds. The second-order valence-electron chi connectivity index (χ2n) is 5.50. The summed E-state index contributed by atoms with van der Waals surface area (Å²) in [5, 5.41) is 4.54. The average Bonchev–Trinajstić information content (AvgIpc) is 2.96. The first-order valence-electron chi connectivity index (χ1n) is 7.30. The Labute approximate surface area is 124 Å². The van der Waals surface area contributed by atoms with E-state index in [0.717, 1.165) is 23.4 Å². The summed E-state index contributed by atoms with van der Waals surface area (Å²) in [6, 6.07) is 8.66. The SMILES string of the molecule is CCn1nc(C)c2nc(N)n(C(C)c3ccc(C)cc3)c21. The van der Waals surface area contributed by atoms with Gasteiger partial charge in [0.1, 0.15) is 5.52 Å². The molecular formula is C16H21N5. The van der Waals surface area contributed by atoms with Crippen LogP contribution >= 0.6 is 0 Å². The standard InChI is InChI=1S/C16H21N5/c1-5-20-15-14(11(3)19-20)18-16(17)21(15)12(4)13-8-6-10(2)7-9-13/h6-9,12H,5H2,1-4H3,(H2,17,18). The van der Waals surface area contributed by atoms with Crippen molar-refractivity contribution < 1.29 is 0 Å². The fourth-order valence-corrected chi connectivity index (χ4v) is 2.80. The Kier molecular flexibility index (Phi) is 3.20. The van der Waals surface area contributed by atoms with Crippen LogP contribution in [0.15, 0.2) is 24.3 Å². The third-order valence-corrected chi connectivity index (χ3v) is 4.02. The lowest BCUT2D eigenvalue weighted by Crippen LogP contribution is -2.13. The molecule has 3 rings (SSSR count). The van der Waals surface area contributed by atoms with Crippen LogP contribution < -0.4 is 5.73 Å². The third-order valence-electron chi connectivity index (χ3n) is 4.02. The van der Waals surface area contributed by atoms with Crippen molar-refractivity contribution >= 4 is 17.1 Å². The Balaban J connectivity index is 2.19. The molecule has 2 aromatic heterocycles. The number of hydrogen-bond donors (Lipinski definition) is 1. The summed E-state index contributed by atoms with van der Waals surface area (Å²) in [6.45, 7) is 9.09. The van der Waals surface area contributed by atoms with E-state index in [1.54, 1.807) is 0 Å². The van der Waals surface area contributed by atoms with Gasteiger partial charge in [-0.1, -0.05) is 29.8 Å². The average molecular weight is 283 g/mol. The van der Waals surface area contributed by atoms with E-state index in [4.69, 9.17) is 5.73 Å². The van der Waals surface area contributed by atoms with Gasteiger partial charge >= 0.3 is 0 Å². The molecule has 3 aromatic rings. The lowest BCUT2D eigenvalue weighted by molar-refractivity contribution is 0.607. The highest BCUT2D eigenvalue weighted by Crippen LogP contribution is 2.28. The summed E-state index contributed by atoms with van der Waals surface area (Å²) in [5.41, 5.74) is 11.5. The number of nitrogens with zero attached hydrogens (tertiary/aromatic N) is 4. The number of nitrogens with two attached hydrogens (primary N) is 1. The van der Waals surface area contributed by atoms with Crippen LogP contribution in [-0.4, -0.2) is 19.3 Å². The number of hydrogen-bond acceptors (Lipinski definition) is 3. The van der Waals surface area contributed by atoms with Crippen molar-refractivity contribution in [1.82, 2.24) is 19.3 Å². The van der Waals surface area contributed by atoms with Crippen molar-refractivity contribution in [2.75, 3.05) is 5.73 Å². The molecule has 21 heavy (non-hydrogen) atoms. The zero-order valence-corrected chi connectivity index (χ0v) is 13.0. The highest BCUT2D eigenvalue weighted by atomic mass is 15.4. The Morgan fingerprint density at radius 3 is 2.48 bits per heavy atom. The maximum absolute atomic E-state index is 6.17. The van der Waals surface area contributed by atoms with E-state index in [2.05, 4.69) is 59.7 Å². The normalized spacial score (nSPS) is 13.0. The number of anilines is 1. The van der Waals surface area contributed by atoms with Crippen LogP contribution in [0.3, 0.4) is 0 Å². The monoisotopic (exact) mass is 283 g/mol. The molecule has 5 nitrogen and oxygen atoms in total. The highest BCUT2D eigenvalue weighted by molar-refractivity contribution is 5.78. The van der Waals surface area contributed by atoms with Crippen molar-refractivity contribution in [2.24, 2.45) is 0 Å². The van der Waals surface area contributed by atoms with Crippen molar-refractivity contribution in [2.45, 2.75) is 40.3 Å². The van der Waals surface area contributed by atoms with E-state index in [1.165, 1.54) is 11.1 Å². The molecule has 0 aliphatic rings. The summed E-state index contributed by atoms with van der Waals surface area (Å²) >= 11 is 0. The number of imidazole rings is 1. The van der Waals surface area contributed by atoms with Gasteiger partial charge in [0.25, 0.3) is 0 Å². The number of rotatable bonds is 3. The van der Waals surface area contributed by atoms with E-state index in [9.17, 15) is 0 Å². The Hall–Kier alpha value is -2.30. The minimum atomic E-state index is 0.122. The molecule has 1 atom stereocenters. The minimum Gasteiger partial charge on any atom is -0.369 e. The molecule has 0 bridgehead atoms. The molecule has 0 fully saturated rings. The van der Waals surface area contributed by atoms with Crippen molar-refractivity contribution in [3.05, 3.63) is 41.1 Å². The molecule has 110 valence electrons. The lowest BCUT2D eigenvalue weighted by Gasteiger charge is -2.17. The molecule has 0 aliphatic heterocycles. The lowest BCUT2D eigenvalue weighted by atomic mass is 10.1. The van der Waals surface area contributed by atoms with Gasteiger partial charge in [0, 0.05) is 6.54 Å². The van der Waals surface area contributed by atoms with Crippen LogP contribution in [0.25, 0.3) is 11.2 Å². The minimum absolute atomic E-state index is 0.122. The molecule has 0 radical (unpaired) electrons. The van der Waals surface area contributed by atoms with E-state index < -0.39 is 0 Å². The maximum atomic E-state index is 6.17. The molecule has 1 unspecified atom stereocenters. The number of benzene rings is 1. The summed E-state index contributed by atoms with van der Waals surface area (Å²) in [5.74, 6) is 0.542. The first kappa shape index (κ1) is 13.7. The number of fused-ring (bicyclic) bond motifs is 1. The Morgan fingerprint density at radius 1 is 1.19 bits per heavy atom. The fourth-order valence-electron chi connectivity index (χ4n) is 2.80. The summed E-state index contributed by atoms with van der Waals surface area (Å²) < 4.78 is 4.04. The zero-order valence-electron chi connectivity index (χ0n) is 13.0. The van der Waals surface area contributed by atoms with E-state index in [0.29, 0.717) is 5.95 Å². The second kappa shape index (κ2) is 4.91. The van der Waals surface area contributed by atoms with Crippen LogP contribution in [0, 0.1) is 13.8 Å². The van der Waals surface area contributed by atoms with Gasteiger partial charge in [0.05, 0.1) is 11.7 Å². The number of nitrogen functional groups attached to an aromatic ring is 1. The van der Waals surface area contributed by atoms with E-state index >= 15 is 0 Å². The molecular weight excluding hydrogens is 262 g/mol. The number of aromatic nitrogens is 4.